The standard InChI is InChI=1S/C11H21N/c1-10(2,3)11-5-9(6-11)7-12(4)8-11/h9H,5-8H2,1-4H3. The van der Waals surface area contributed by atoms with Crippen molar-refractivity contribution in [3.8, 4) is 0 Å². The normalized spacial score (nSPS) is 42.5. The van der Waals surface area contributed by atoms with Crippen LogP contribution in [0.3, 0.4) is 0 Å². The molecule has 0 spiro atoms. The molecule has 0 aromatic heterocycles. The highest BCUT2D eigenvalue weighted by atomic mass is 15.1. The van der Waals surface area contributed by atoms with Crippen molar-refractivity contribution in [2.45, 2.75) is 33.6 Å². The van der Waals surface area contributed by atoms with Gasteiger partial charge < -0.3 is 4.90 Å². The Morgan fingerprint density at radius 2 is 1.83 bits per heavy atom. The first kappa shape index (κ1) is 8.55. The van der Waals surface area contributed by atoms with Crippen LogP contribution in [0.2, 0.25) is 0 Å². The van der Waals surface area contributed by atoms with Crippen LogP contribution in [0.15, 0.2) is 0 Å². The molecule has 2 saturated heterocycles. The van der Waals surface area contributed by atoms with Crippen molar-refractivity contribution in [1.29, 1.82) is 0 Å². The molecule has 3 aliphatic rings. The lowest BCUT2D eigenvalue weighted by Gasteiger charge is -2.62. The molecule has 1 aliphatic carbocycles. The number of rotatable bonds is 0. The molecule has 1 saturated carbocycles. The molecule has 0 N–H and O–H groups in total. The number of nitrogens with zero attached hydrogens (tertiary/aromatic N) is 1. The highest BCUT2D eigenvalue weighted by Gasteiger charge is 2.54. The largest absolute Gasteiger partial charge is 0.306 e. The number of piperidine rings is 2. The third-order valence-corrected chi connectivity index (χ3v) is 4.09. The average molecular weight is 167 g/mol. The molecule has 0 unspecified atom stereocenters. The Bertz CT molecular complexity index is 184. The molecule has 3 fully saturated rings. The van der Waals surface area contributed by atoms with Gasteiger partial charge in [0.15, 0.2) is 0 Å². The molecule has 3 rings (SSSR count). The van der Waals surface area contributed by atoms with Crippen molar-refractivity contribution in [3.05, 3.63) is 0 Å². The van der Waals surface area contributed by atoms with E-state index in [-0.39, 0.29) is 0 Å². The SMILES string of the molecule is CN1CC2CC(C(C)(C)C)(C2)C1. The third kappa shape index (κ3) is 1.02. The van der Waals surface area contributed by atoms with E-state index in [0.717, 1.165) is 5.92 Å². The Balaban J connectivity index is 2.14. The minimum atomic E-state index is 0.512. The van der Waals surface area contributed by atoms with E-state index in [1.54, 1.807) is 0 Å². The molecule has 0 radical (unpaired) electrons. The molecule has 0 atom stereocenters. The molecule has 0 aromatic rings. The Morgan fingerprint density at radius 1 is 1.25 bits per heavy atom. The van der Waals surface area contributed by atoms with Crippen molar-refractivity contribution >= 4 is 0 Å². The van der Waals surface area contributed by atoms with E-state index in [2.05, 4.69) is 32.7 Å². The summed E-state index contributed by atoms with van der Waals surface area (Å²) < 4.78 is 0. The summed E-state index contributed by atoms with van der Waals surface area (Å²) in [5.41, 5.74) is 1.17. The Hall–Kier alpha value is -0.0400. The minimum Gasteiger partial charge on any atom is -0.306 e. The van der Waals surface area contributed by atoms with E-state index in [9.17, 15) is 0 Å². The predicted molar refractivity (Wildman–Crippen MR) is 52.1 cm³/mol. The molecule has 2 heterocycles. The van der Waals surface area contributed by atoms with Gasteiger partial charge >= 0.3 is 0 Å². The van der Waals surface area contributed by atoms with Gasteiger partial charge in [-0.15, -0.1) is 0 Å². The lowest BCUT2D eigenvalue weighted by atomic mass is 9.49. The molecule has 1 nitrogen and oxygen atoms in total. The highest BCUT2D eigenvalue weighted by molar-refractivity contribution is 5.06. The van der Waals surface area contributed by atoms with E-state index in [1.165, 1.54) is 25.9 Å². The van der Waals surface area contributed by atoms with E-state index in [0.29, 0.717) is 10.8 Å². The Morgan fingerprint density at radius 3 is 2.17 bits per heavy atom. The predicted octanol–water partition coefficient (Wildman–Crippen LogP) is 2.37. The number of fused-ring (bicyclic) bond motifs is 2. The van der Waals surface area contributed by atoms with Crippen LogP contribution in [0.5, 0.6) is 0 Å². The van der Waals surface area contributed by atoms with Gasteiger partial charge in [-0.2, -0.15) is 0 Å². The summed E-state index contributed by atoms with van der Waals surface area (Å²) in [4.78, 5) is 2.52. The topological polar surface area (TPSA) is 3.24 Å². The number of hydrogen-bond acceptors (Lipinski definition) is 1. The first-order valence-electron chi connectivity index (χ1n) is 5.12. The summed E-state index contributed by atoms with van der Waals surface area (Å²) in [6.45, 7) is 9.89. The molecular weight excluding hydrogens is 146 g/mol. The van der Waals surface area contributed by atoms with Gasteiger partial charge in [-0.25, -0.2) is 0 Å². The van der Waals surface area contributed by atoms with Crippen LogP contribution in [0.4, 0.5) is 0 Å². The smallest absolute Gasteiger partial charge is 0.00403 e. The second-order valence-electron chi connectivity index (χ2n) is 6.00. The molecule has 0 amide bonds. The second kappa shape index (κ2) is 2.25. The number of hydrogen-bond donors (Lipinski definition) is 0. The summed E-state index contributed by atoms with van der Waals surface area (Å²) in [5, 5.41) is 0. The molecular formula is C11H21N. The van der Waals surface area contributed by atoms with Crippen molar-refractivity contribution in [2.24, 2.45) is 16.7 Å². The first-order chi connectivity index (χ1) is 5.43. The van der Waals surface area contributed by atoms with Crippen LogP contribution in [0, 0.1) is 16.7 Å². The maximum atomic E-state index is 2.52. The monoisotopic (exact) mass is 167 g/mol. The van der Waals surface area contributed by atoms with Gasteiger partial charge in [0.25, 0.3) is 0 Å². The first-order valence-corrected chi connectivity index (χ1v) is 5.12. The third-order valence-electron chi connectivity index (χ3n) is 4.09. The van der Waals surface area contributed by atoms with Gasteiger partial charge in [0.05, 0.1) is 0 Å². The zero-order chi connectivity index (χ0) is 8.98. The fraction of sp³-hybridized carbons (Fsp3) is 1.00. The van der Waals surface area contributed by atoms with Gasteiger partial charge in [0.1, 0.15) is 0 Å². The summed E-state index contributed by atoms with van der Waals surface area (Å²) >= 11 is 0. The van der Waals surface area contributed by atoms with Crippen LogP contribution in [0.1, 0.15) is 33.6 Å². The van der Waals surface area contributed by atoms with Gasteiger partial charge in [-0.05, 0) is 36.6 Å². The van der Waals surface area contributed by atoms with E-state index < -0.39 is 0 Å². The van der Waals surface area contributed by atoms with E-state index in [4.69, 9.17) is 0 Å². The molecule has 0 aromatic carbocycles. The second-order valence-corrected chi connectivity index (χ2v) is 6.00. The van der Waals surface area contributed by atoms with Crippen molar-refractivity contribution in [2.75, 3.05) is 20.1 Å². The zero-order valence-electron chi connectivity index (χ0n) is 8.85. The van der Waals surface area contributed by atoms with E-state index >= 15 is 0 Å². The van der Waals surface area contributed by atoms with Gasteiger partial charge in [-0.1, -0.05) is 20.8 Å². The molecule has 1 heteroatoms. The molecule has 70 valence electrons. The van der Waals surface area contributed by atoms with Crippen LogP contribution < -0.4 is 0 Å². The van der Waals surface area contributed by atoms with Crippen molar-refractivity contribution in [1.82, 2.24) is 4.90 Å². The van der Waals surface area contributed by atoms with Crippen LogP contribution in [-0.2, 0) is 0 Å². The minimum absolute atomic E-state index is 0.512. The van der Waals surface area contributed by atoms with Crippen LogP contribution >= 0.6 is 0 Å². The van der Waals surface area contributed by atoms with Gasteiger partial charge in [0, 0.05) is 13.1 Å². The molecule has 2 aliphatic heterocycles. The molecule has 2 bridgehead atoms. The fourth-order valence-corrected chi connectivity index (χ4v) is 3.18. The van der Waals surface area contributed by atoms with Crippen molar-refractivity contribution in [3.63, 3.8) is 0 Å². The van der Waals surface area contributed by atoms with Crippen LogP contribution in [0.25, 0.3) is 0 Å². The zero-order valence-corrected chi connectivity index (χ0v) is 8.85. The average Bonchev–Trinajstić information content (AvgIpc) is 1.81. The van der Waals surface area contributed by atoms with Crippen molar-refractivity contribution < 1.29 is 0 Å². The lowest BCUT2D eigenvalue weighted by molar-refractivity contribution is -0.121. The Kier molecular flexibility index (Phi) is 1.61. The van der Waals surface area contributed by atoms with Gasteiger partial charge in [-0.3, -0.25) is 0 Å². The lowest BCUT2D eigenvalue weighted by Crippen LogP contribution is -2.60. The summed E-state index contributed by atoms with van der Waals surface area (Å²) in [6.07, 6.45) is 2.97. The maximum absolute atomic E-state index is 2.52. The highest BCUT2D eigenvalue weighted by Crippen LogP contribution is 2.59. The summed E-state index contributed by atoms with van der Waals surface area (Å²) in [7, 11) is 2.27. The fourth-order valence-electron chi connectivity index (χ4n) is 3.18. The molecule has 12 heavy (non-hydrogen) atoms. The quantitative estimate of drug-likeness (QED) is 0.535. The van der Waals surface area contributed by atoms with Gasteiger partial charge in [0.2, 0.25) is 0 Å². The maximum Gasteiger partial charge on any atom is 0.00403 e. The van der Waals surface area contributed by atoms with E-state index in [1.807, 2.05) is 0 Å². The summed E-state index contributed by atoms with van der Waals surface area (Å²) in [6, 6.07) is 0. The summed E-state index contributed by atoms with van der Waals surface area (Å²) in [5.74, 6) is 1.02. The van der Waals surface area contributed by atoms with Crippen LogP contribution in [-0.4, -0.2) is 25.0 Å². The Labute approximate surface area is 76.1 Å².